The fraction of sp³-hybridized carbons (Fsp3) is 0.571. The molecule has 0 bridgehead atoms. The van der Waals surface area contributed by atoms with Crippen LogP contribution in [0.25, 0.3) is 0 Å². The van der Waals surface area contributed by atoms with Crippen molar-refractivity contribution in [1.29, 1.82) is 0 Å². The minimum absolute atomic E-state index is 0.154. The topological polar surface area (TPSA) is 29.5 Å². The van der Waals surface area contributed by atoms with E-state index < -0.39 is 0 Å². The van der Waals surface area contributed by atoms with Crippen LogP contribution >= 0.6 is 0 Å². The first kappa shape index (κ1) is 12.4. The molecule has 1 fully saturated rings. The number of aliphatic hydroxyl groups is 1. The van der Waals surface area contributed by atoms with Gasteiger partial charge in [0.05, 0.1) is 12.7 Å². The highest BCUT2D eigenvalue weighted by Crippen LogP contribution is 2.24. The molecule has 1 aliphatic carbocycles. The molecule has 0 spiro atoms. The van der Waals surface area contributed by atoms with E-state index in [9.17, 15) is 4.39 Å². The van der Waals surface area contributed by atoms with Gasteiger partial charge in [0, 0.05) is 6.07 Å². The smallest absolute Gasteiger partial charge is 0.127 e. The zero-order valence-corrected chi connectivity index (χ0v) is 9.99. The lowest BCUT2D eigenvalue weighted by Crippen LogP contribution is -2.15. The summed E-state index contributed by atoms with van der Waals surface area (Å²) >= 11 is 0. The summed E-state index contributed by atoms with van der Waals surface area (Å²) in [6.07, 6.45) is 7.21. The van der Waals surface area contributed by atoms with Gasteiger partial charge in [0.15, 0.2) is 0 Å². The molecule has 0 aliphatic heterocycles. The Labute approximate surface area is 101 Å². The zero-order valence-electron chi connectivity index (χ0n) is 9.99. The highest BCUT2D eigenvalue weighted by atomic mass is 19.1. The summed E-state index contributed by atoms with van der Waals surface area (Å²) in [6, 6.07) is 4.44. The molecule has 0 unspecified atom stereocenters. The number of benzene rings is 1. The van der Waals surface area contributed by atoms with Gasteiger partial charge in [-0.05, 0) is 43.4 Å². The summed E-state index contributed by atoms with van der Waals surface area (Å²) in [6.45, 7) is -0.154. The van der Waals surface area contributed by atoms with Gasteiger partial charge in [0.2, 0.25) is 0 Å². The van der Waals surface area contributed by atoms with E-state index >= 15 is 0 Å². The lowest BCUT2D eigenvalue weighted by molar-refractivity contribution is 0.182. The van der Waals surface area contributed by atoms with Crippen molar-refractivity contribution in [2.45, 2.75) is 51.2 Å². The Morgan fingerprint density at radius 3 is 2.47 bits per heavy atom. The molecule has 1 aromatic rings. The molecule has 0 aromatic heterocycles. The van der Waals surface area contributed by atoms with Gasteiger partial charge >= 0.3 is 0 Å². The van der Waals surface area contributed by atoms with Crippen molar-refractivity contribution in [3.05, 3.63) is 29.6 Å². The molecular formula is C14H19FO2. The summed E-state index contributed by atoms with van der Waals surface area (Å²) < 4.78 is 19.1. The predicted molar refractivity (Wildman–Crippen MR) is 64.4 cm³/mol. The van der Waals surface area contributed by atoms with Crippen LogP contribution in [0.1, 0.15) is 44.1 Å². The van der Waals surface area contributed by atoms with Gasteiger partial charge in [-0.15, -0.1) is 0 Å². The second-order valence-corrected chi connectivity index (χ2v) is 4.68. The third kappa shape index (κ3) is 3.70. The van der Waals surface area contributed by atoms with E-state index in [0.717, 1.165) is 12.8 Å². The van der Waals surface area contributed by atoms with Crippen LogP contribution in [0.4, 0.5) is 4.39 Å². The van der Waals surface area contributed by atoms with Gasteiger partial charge in [-0.1, -0.05) is 12.8 Å². The molecule has 94 valence electrons. The van der Waals surface area contributed by atoms with Crippen LogP contribution in [0.3, 0.4) is 0 Å². The maximum absolute atomic E-state index is 13.3. The Balaban J connectivity index is 2.03. The number of hydrogen-bond acceptors (Lipinski definition) is 2. The SMILES string of the molecule is OCc1cc(F)cc(OC2CCCCCC2)c1. The number of hydrogen-bond donors (Lipinski definition) is 1. The van der Waals surface area contributed by atoms with Crippen LogP contribution < -0.4 is 4.74 Å². The first-order valence-electron chi connectivity index (χ1n) is 6.35. The minimum Gasteiger partial charge on any atom is -0.490 e. The monoisotopic (exact) mass is 238 g/mol. The molecule has 2 nitrogen and oxygen atoms in total. The van der Waals surface area contributed by atoms with Crippen LogP contribution in [0.15, 0.2) is 18.2 Å². The second-order valence-electron chi connectivity index (χ2n) is 4.68. The van der Waals surface area contributed by atoms with Gasteiger partial charge < -0.3 is 9.84 Å². The Morgan fingerprint density at radius 1 is 1.12 bits per heavy atom. The molecule has 1 aromatic carbocycles. The Bertz CT molecular complexity index is 357. The van der Waals surface area contributed by atoms with E-state index in [2.05, 4.69) is 0 Å². The fourth-order valence-electron chi connectivity index (χ4n) is 2.33. The van der Waals surface area contributed by atoms with Crippen molar-refractivity contribution in [2.75, 3.05) is 0 Å². The highest BCUT2D eigenvalue weighted by molar-refractivity contribution is 5.29. The Hall–Kier alpha value is -1.09. The third-order valence-corrected chi connectivity index (χ3v) is 3.22. The van der Waals surface area contributed by atoms with Gasteiger partial charge in [0.25, 0.3) is 0 Å². The molecule has 1 aliphatic rings. The van der Waals surface area contributed by atoms with Crippen molar-refractivity contribution < 1.29 is 14.2 Å². The summed E-state index contributed by atoms with van der Waals surface area (Å²) in [4.78, 5) is 0. The van der Waals surface area contributed by atoms with Crippen molar-refractivity contribution in [3.63, 3.8) is 0 Å². The number of ether oxygens (including phenoxy) is 1. The van der Waals surface area contributed by atoms with Crippen molar-refractivity contribution in [2.24, 2.45) is 0 Å². The van der Waals surface area contributed by atoms with Gasteiger partial charge in [-0.3, -0.25) is 0 Å². The predicted octanol–water partition coefficient (Wildman–Crippen LogP) is 3.42. The van der Waals surface area contributed by atoms with E-state index in [1.165, 1.54) is 37.8 Å². The first-order chi connectivity index (χ1) is 8.28. The average Bonchev–Trinajstić information content (AvgIpc) is 2.57. The Kier molecular flexibility index (Phi) is 4.37. The standard InChI is InChI=1S/C14H19FO2/c15-12-7-11(10-16)8-14(9-12)17-13-5-3-1-2-4-6-13/h7-9,13,16H,1-6,10H2. The molecule has 0 heterocycles. The maximum Gasteiger partial charge on any atom is 0.127 e. The van der Waals surface area contributed by atoms with Crippen LogP contribution in [0, 0.1) is 5.82 Å². The quantitative estimate of drug-likeness (QED) is 0.818. The van der Waals surface area contributed by atoms with E-state index in [1.54, 1.807) is 6.07 Å². The van der Waals surface area contributed by atoms with E-state index in [-0.39, 0.29) is 18.5 Å². The Morgan fingerprint density at radius 2 is 1.82 bits per heavy atom. The second kappa shape index (κ2) is 6.01. The van der Waals surface area contributed by atoms with Gasteiger partial charge in [0.1, 0.15) is 11.6 Å². The van der Waals surface area contributed by atoms with E-state index in [4.69, 9.17) is 9.84 Å². The van der Waals surface area contributed by atoms with Crippen molar-refractivity contribution in [1.82, 2.24) is 0 Å². The largest absolute Gasteiger partial charge is 0.490 e. The zero-order chi connectivity index (χ0) is 12.1. The average molecular weight is 238 g/mol. The number of aliphatic hydroxyl groups excluding tert-OH is 1. The molecule has 0 saturated heterocycles. The van der Waals surface area contributed by atoms with Crippen molar-refractivity contribution in [3.8, 4) is 5.75 Å². The molecule has 3 heteroatoms. The van der Waals surface area contributed by atoms with Crippen LogP contribution in [-0.4, -0.2) is 11.2 Å². The molecule has 1 N–H and O–H groups in total. The highest BCUT2D eigenvalue weighted by Gasteiger charge is 2.14. The lowest BCUT2D eigenvalue weighted by Gasteiger charge is -2.17. The molecule has 1 saturated carbocycles. The van der Waals surface area contributed by atoms with Crippen molar-refractivity contribution >= 4 is 0 Å². The lowest BCUT2D eigenvalue weighted by atomic mass is 10.1. The van der Waals surface area contributed by atoms with Crippen LogP contribution in [0.5, 0.6) is 5.75 Å². The summed E-state index contributed by atoms with van der Waals surface area (Å²) in [5.41, 5.74) is 0.564. The molecular weight excluding hydrogens is 219 g/mol. The number of halogens is 1. The molecule has 17 heavy (non-hydrogen) atoms. The third-order valence-electron chi connectivity index (χ3n) is 3.22. The molecule has 0 amide bonds. The fourth-order valence-corrected chi connectivity index (χ4v) is 2.33. The first-order valence-corrected chi connectivity index (χ1v) is 6.35. The van der Waals surface area contributed by atoms with Crippen LogP contribution in [-0.2, 0) is 6.61 Å². The van der Waals surface area contributed by atoms with Crippen LogP contribution in [0.2, 0.25) is 0 Å². The summed E-state index contributed by atoms with van der Waals surface area (Å²) in [5.74, 6) is 0.195. The van der Waals surface area contributed by atoms with Gasteiger partial charge in [-0.25, -0.2) is 4.39 Å². The molecule has 0 atom stereocenters. The minimum atomic E-state index is -0.347. The molecule has 0 radical (unpaired) electrons. The maximum atomic E-state index is 13.3. The van der Waals surface area contributed by atoms with E-state index in [1.807, 2.05) is 0 Å². The number of rotatable bonds is 3. The molecule has 2 rings (SSSR count). The summed E-state index contributed by atoms with van der Waals surface area (Å²) in [5, 5.41) is 9.02. The van der Waals surface area contributed by atoms with Gasteiger partial charge in [-0.2, -0.15) is 0 Å². The summed E-state index contributed by atoms with van der Waals surface area (Å²) in [7, 11) is 0. The van der Waals surface area contributed by atoms with E-state index in [0.29, 0.717) is 11.3 Å². The normalized spacial score (nSPS) is 17.8.